The van der Waals surface area contributed by atoms with Crippen molar-refractivity contribution in [2.45, 2.75) is 6.61 Å². The second kappa shape index (κ2) is 8.91. The van der Waals surface area contributed by atoms with Gasteiger partial charge in [-0.05, 0) is 54.6 Å². The lowest BCUT2D eigenvalue weighted by atomic mass is 10.2. The highest BCUT2D eigenvalue weighted by molar-refractivity contribution is 9.10. The van der Waals surface area contributed by atoms with Gasteiger partial charge in [0.1, 0.15) is 31.3 Å². The highest BCUT2D eigenvalue weighted by Crippen LogP contribution is 2.30. The van der Waals surface area contributed by atoms with E-state index in [1.807, 2.05) is 24.3 Å². The summed E-state index contributed by atoms with van der Waals surface area (Å²) in [5.74, 6) is 1.18. The van der Waals surface area contributed by atoms with Gasteiger partial charge in [-0.1, -0.05) is 15.9 Å². The predicted molar refractivity (Wildman–Crippen MR) is 110 cm³/mol. The van der Waals surface area contributed by atoms with E-state index < -0.39 is 11.8 Å². The SMILES string of the molecule is O=C(NNC(=O)c1ccc(COc2ccc(Br)cc2)o1)c1ccc2c(c1)OCCO2. The minimum atomic E-state index is -0.587. The van der Waals surface area contributed by atoms with Gasteiger partial charge in [0.2, 0.25) is 0 Å². The van der Waals surface area contributed by atoms with Gasteiger partial charge in [-0.25, -0.2) is 0 Å². The first kappa shape index (κ1) is 19.8. The summed E-state index contributed by atoms with van der Waals surface area (Å²) in [7, 11) is 0. The molecule has 0 fully saturated rings. The number of hydrogen-bond acceptors (Lipinski definition) is 6. The number of hydrogen-bond donors (Lipinski definition) is 2. The van der Waals surface area contributed by atoms with Crippen LogP contribution >= 0.6 is 15.9 Å². The molecule has 2 amide bonds. The van der Waals surface area contributed by atoms with Crippen molar-refractivity contribution in [2.75, 3.05) is 13.2 Å². The Morgan fingerprint density at radius 3 is 2.43 bits per heavy atom. The Hall–Kier alpha value is -3.46. The van der Waals surface area contributed by atoms with Gasteiger partial charge in [-0.2, -0.15) is 0 Å². The van der Waals surface area contributed by atoms with E-state index in [9.17, 15) is 9.59 Å². The number of hydrazine groups is 1. The first-order chi connectivity index (χ1) is 14.6. The molecule has 9 heteroatoms. The van der Waals surface area contributed by atoms with Crippen LogP contribution in [-0.2, 0) is 6.61 Å². The highest BCUT2D eigenvalue weighted by atomic mass is 79.9. The van der Waals surface area contributed by atoms with Gasteiger partial charge in [0.25, 0.3) is 5.91 Å². The maximum atomic E-state index is 12.3. The second-order valence-corrected chi connectivity index (χ2v) is 7.19. The average molecular weight is 473 g/mol. The van der Waals surface area contributed by atoms with Crippen LogP contribution in [0.2, 0.25) is 0 Å². The van der Waals surface area contributed by atoms with Gasteiger partial charge in [0, 0.05) is 10.0 Å². The molecule has 0 aliphatic carbocycles. The Kier molecular flexibility index (Phi) is 5.89. The topological polar surface area (TPSA) is 99.0 Å². The van der Waals surface area contributed by atoms with Crippen LogP contribution in [0.4, 0.5) is 0 Å². The van der Waals surface area contributed by atoms with Crippen LogP contribution in [0, 0.1) is 0 Å². The molecule has 2 heterocycles. The molecule has 30 heavy (non-hydrogen) atoms. The zero-order valence-corrected chi connectivity index (χ0v) is 17.2. The summed E-state index contributed by atoms with van der Waals surface area (Å²) >= 11 is 3.36. The number of ether oxygens (including phenoxy) is 3. The molecular formula is C21H17BrN2O6. The molecule has 3 aromatic rings. The molecule has 1 aromatic heterocycles. The Bertz CT molecular complexity index is 1060. The largest absolute Gasteiger partial charge is 0.486 e. The van der Waals surface area contributed by atoms with Gasteiger partial charge in [-0.3, -0.25) is 20.4 Å². The van der Waals surface area contributed by atoms with E-state index in [0.29, 0.717) is 41.8 Å². The molecule has 0 unspecified atom stereocenters. The number of furan rings is 1. The van der Waals surface area contributed by atoms with Crippen LogP contribution in [0.3, 0.4) is 0 Å². The molecule has 0 saturated carbocycles. The number of carbonyl (C=O) groups is 2. The van der Waals surface area contributed by atoms with Gasteiger partial charge in [0.15, 0.2) is 17.3 Å². The van der Waals surface area contributed by atoms with E-state index in [4.69, 9.17) is 18.6 Å². The Morgan fingerprint density at radius 1 is 0.900 bits per heavy atom. The van der Waals surface area contributed by atoms with Gasteiger partial charge >= 0.3 is 5.91 Å². The van der Waals surface area contributed by atoms with Crippen molar-refractivity contribution < 1.29 is 28.2 Å². The summed E-state index contributed by atoms with van der Waals surface area (Å²) in [6.07, 6.45) is 0. The fourth-order valence-corrected chi connectivity index (χ4v) is 2.96. The Balaban J connectivity index is 1.30. The third kappa shape index (κ3) is 4.74. The van der Waals surface area contributed by atoms with Crippen LogP contribution < -0.4 is 25.1 Å². The molecule has 1 aliphatic rings. The standard InChI is InChI=1S/C21H17BrN2O6/c22-14-2-4-15(5-3-14)29-12-16-6-8-18(30-16)21(26)24-23-20(25)13-1-7-17-19(11-13)28-10-9-27-17/h1-8,11H,9-10,12H2,(H,23,25)(H,24,26). The van der Waals surface area contributed by atoms with Crippen molar-refractivity contribution in [1.29, 1.82) is 0 Å². The quantitative estimate of drug-likeness (QED) is 0.551. The summed E-state index contributed by atoms with van der Waals surface area (Å²) in [5.41, 5.74) is 4.99. The number of rotatable bonds is 5. The van der Waals surface area contributed by atoms with Crippen LogP contribution in [0.15, 0.2) is 63.5 Å². The molecule has 0 spiro atoms. The molecule has 0 atom stereocenters. The van der Waals surface area contributed by atoms with Crippen LogP contribution in [-0.4, -0.2) is 25.0 Å². The minimum Gasteiger partial charge on any atom is -0.486 e. The average Bonchev–Trinajstić information content (AvgIpc) is 3.26. The zero-order valence-electron chi connectivity index (χ0n) is 15.6. The maximum absolute atomic E-state index is 12.3. The van der Waals surface area contributed by atoms with E-state index >= 15 is 0 Å². The first-order valence-electron chi connectivity index (χ1n) is 9.06. The third-order valence-corrected chi connectivity index (χ3v) is 4.70. The number of carbonyl (C=O) groups excluding carboxylic acids is 2. The van der Waals surface area contributed by atoms with E-state index in [1.54, 1.807) is 24.3 Å². The summed E-state index contributed by atoms with van der Waals surface area (Å²) < 4.78 is 22.9. The normalized spacial score (nSPS) is 12.2. The molecule has 1 aliphatic heterocycles. The monoisotopic (exact) mass is 472 g/mol. The summed E-state index contributed by atoms with van der Waals surface area (Å²) in [4.78, 5) is 24.5. The maximum Gasteiger partial charge on any atom is 0.305 e. The van der Waals surface area contributed by atoms with Crippen molar-refractivity contribution >= 4 is 27.7 Å². The van der Waals surface area contributed by atoms with Crippen molar-refractivity contribution in [1.82, 2.24) is 10.9 Å². The van der Waals surface area contributed by atoms with Crippen molar-refractivity contribution in [3.05, 3.63) is 76.2 Å². The molecule has 0 radical (unpaired) electrons. The lowest BCUT2D eigenvalue weighted by Crippen LogP contribution is -2.41. The smallest absolute Gasteiger partial charge is 0.305 e. The predicted octanol–water partition coefficient (Wildman–Crippen LogP) is 3.47. The summed E-state index contributed by atoms with van der Waals surface area (Å²) in [5, 5.41) is 0. The van der Waals surface area contributed by atoms with E-state index in [2.05, 4.69) is 26.8 Å². The Labute approximate surface area is 180 Å². The first-order valence-corrected chi connectivity index (χ1v) is 9.85. The molecule has 8 nitrogen and oxygen atoms in total. The number of halogens is 1. The number of benzene rings is 2. The molecule has 0 bridgehead atoms. The van der Waals surface area contributed by atoms with E-state index in [1.165, 1.54) is 6.07 Å². The molecule has 2 N–H and O–H groups in total. The lowest BCUT2D eigenvalue weighted by Gasteiger charge is -2.18. The van der Waals surface area contributed by atoms with Crippen molar-refractivity contribution in [3.8, 4) is 17.2 Å². The summed E-state index contributed by atoms with van der Waals surface area (Å²) in [6, 6.07) is 15.3. The molecule has 4 rings (SSSR count). The molecular weight excluding hydrogens is 456 g/mol. The molecule has 0 saturated heterocycles. The van der Waals surface area contributed by atoms with Crippen molar-refractivity contribution in [2.24, 2.45) is 0 Å². The highest BCUT2D eigenvalue weighted by Gasteiger charge is 2.17. The van der Waals surface area contributed by atoms with Gasteiger partial charge in [0.05, 0.1) is 0 Å². The van der Waals surface area contributed by atoms with Crippen LogP contribution in [0.1, 0.15) is 26.7 Å². The fourth-order valence-electron chi connectivity index (χ4n) is 2.69. The van der Waals surface area contributed by atoms with Gasteiger partial charge in [-0.15, -0.1) is 0 Å². The second-order valence-electron chi connectivity index (χ2n) is 6.28. The molecule has 154 valence electrons. The van der Waals surface area contributed by atoms with Gasteiger partial charge < -0.3 is 18.6 Å². The van der Waals surface area contributed by atoms with E-state index in [-0.39, 0.29) is 12.4 Å². The molecule has 2 aromatic carbocycles. The Morgan fingerprint density at radius 2 is 1.63 bits per heavy atom. The van der Waals surface area contributed by atoms with Crippen LogP contribution in [0.5, 0.6) is 17.2 Å². The van der Waals surface area contributed by atoms with Crippen LogP contribution in [0.25, 0.3) is 0 Å². The number of nitrogens with one attached hydrogen (secondary N) is 2. The third-order valence-electron chi connectivity index (χ3n) is 4.17. The number of amides is 2. The minimum absolute atomic E-state index is 0.0480. The number of fused-ring (bicyclic) bond motifs is 1. The fraction of sp³-hybridized carbons (Fsp3) is 0.143. The lowest BCUT2D eigenvalue weighted by molar-refractivity contribution is 0.0828. The van der Waals surface area contributed by atoms with Crippen molar-refractivity contribution in [3.63, 3.8) is 0 Å². The zero-order chi connectivity index (χ0) is 20.9. The summed E-state index contributed by atoms with van der Waals surface area (Å²) in [6.45, 7) is 1.05. The van der Waals surface area contributed by atoms with E-state index in [0.717, 1.165) is 4.47 Å².